The van der Waals surface area contributed by atoms with Crippen LogP contribution in [-0.2, 0) is 9.59 Å². The number of nitrogens with two attached hydrogens (primary N) is 1. The molecule has 1 fully saturated rings. The van der Waals surface area contributed by atoms with Crippen LogP contribution in [0.2, 0.25) is 5.15 Å². The van der Waals surface area contributed by atoms with E-state index in [2.05, 4.69) is 29.8 Å². The fourth-order valence-corrected chi connectivity index (χ4v) is 4.17. The van der Waals surface area contributed by atoms with Gasteiger partial charge < -0.3 is 15.4 Å². The molecule has 1 unspecified atom stereocenters. The van der Waals surface area contributed by atoms with Crippen LogP contribution in [0, 0.1) is 6.92 Å². The number of benzene rings is 2. The Hall–Kier alpha value is -3.12. The molecule has 0 bridgehead atoms. The molecule has 2 N–H and O–H groups in total. The molecule has 7 heteroatoms. The quantitative estimate of drug-likeness (QED) is 0.456. The zero-order valence-electron chi connectivity index (χ0n) is 18.4. The molecule has 2 aromatic carbocycles. The lowest BCUT2D eigenvalue weighted by Crippen LogP contribution is -2.43. The number of fused-ring (bicyclic) bond motifs is 1. The number of pyridine rings is 1. The summed E-state index contributed by atoms with van der Waals surface area (Å²) in [4.78, 5) is 27.6. The number of ether oxygens (including phenoxy) is 1. The number of aromatic nitrogens is 1. The van der Waals surface area contributed by atoms with Crippen molar-refractivity contribution in [3.05, 3.63) is 59.2 Å². The minimum absolute atomic E-state index is 0.0458. The first kappa shape index (κ1) is 23.5. The number of primary amides is 1. The molecule has 32 heavy (non-hydrogen) atoms. The average molecular weight is 454 g/mol. The van der Waals surface area contributed by atoms with E-state index in [4.69, 9.17) is 21.1 Å². The van der Waals surface area contributed by atoms with Gasteiger partial charge in [0.15, 0.2) is 6.10 Å². The normalized spacial score (nSPS) is 14.3. The van der Waals surface area contributed by atoms with Gasteiger partial charge in [0.1, 0.15) is 10.9 Å². The number of rotatable bonds is 4. The summed E-state index contributed by atoms with van der Waals surface area (Å²) < 4.78 is 5.97. The molecule has 2 heterocycles. The number of aryl methyl sites for hydroxylation is 1. The SMILES string of the molecule is Cc1ccccc1-c1cc(Cl)nc2cc(OC(C)C(=O)N3CCCCC3)ccc12.NC=O. The van der Waals surface area contributed by atoms with Gasteiger partial charge in [-0.3, -0.25) is 9.59 Å². The number of amides is 2. The summed E-state index contributed by atoms with van der Waals surface area (Å²) in [7, 11) is 0. The van der Waals surface area contributed by atoms with Gasteiger partial charge in [-0.25, -0.2) is 4.98 Å². The molecule has 0 saturated carbocycles. The van der Waals surface area contributed by atoms with Gasteiger partial charge in [-0.05, 0) is 68.0 Å². The number of likely N-dealkylation sites (tertiary alicyclic amines) is 1. The summed E-state index contributed by atoms with van der Waals surface area (Å²) in [5.41, 5.74) is 8.27. The number of hydrogen-bond acceptors (Lipinski definition) is 4. The van der Waals surface area contributed by atoms with Gasteiger partial charge in [0, 0.05) is 24.5 Å². The highest BCUT2D eigenvalue weighted by Gasteiger charge is 2.23. The highest BCUT2D eigenvalue weighted by atomic mass is 35.5. The first-order chi connectivity index (χ1) is 15.4. The van der Waals surface area contributed by atoms with Gasteiger partial charge in [0.05, 0.1) is 5.52 Å². The Balaban J connectivity index is 0.000000913. The lowest BCUT2D eigenvalue weighted by Gasteiger charge is -2.29. The van der Waals surface area contributed by atoms with Crippen molar-refractivity contribution in [1.82, 2.24) is 9.88 Å². The lowest BCUT2D eigenvalue weighted by molar-refractivity contribution is -0.138. The van der Waals surface area contributed by atoms with Gasteiger partial charge in [-0.2, -0.15) is 0 Å². The molecule has 1 aliphatic heterocycles. The van der Waals surface area contributed by atoms with Crippen molar-refractivity contribution in [1.29, 1.82) is 0 Å². The molecule has 4 rings (SSSR count). The number of carbonyl (C=O) groups is 2. The van der Waals surface area contributed by atoms with E-state index in [0.29, 0.717) is 10.9 Å². The van der Waals surface area contributed by atoms with Crippen LogP contribution in [0.15, 0.2) is 48.5 Å². The van der Waals surface area contributed by atoms with E-state index < -0.39 is 6.10 Å². The third-order valence-corrected chi connectivity index (χ3v) is 5.71. The zero-order valence-corrected chi connectivity index (χ0v) is 19.1. The van der Waals surface area contributed by atoms with Crippen LogP contribution < -0.4 is 10.5 Å². The summed E-state index contributed by atoms with van der Waals surface area (Å²) in [6.45, 7) is 5.54. The second-order valence-corrected chi connectivity index (χ2v) is 8.16. The average Bonchev–Trinajstić information content (AvgIpc) is 2.79. The Labute approximate surface area is 193 Å². The predicted molar refractivity (Wildman–Crippen MR) is 128 cm³/mol. The molecule has 168 valence electrons. The van der Waals surface area contributed by atoms with Gasteiger partial charge in [-0.1, -0.05) is 35.9 Å². The van der Waals surface area contributed by atoms with Crippen LogP contribution in [0.5, 0.6) is 5.75 Å². The molecule has 6 nitrogen and oxygen atoms in total. The van der Waals surface area contributed by atoms with Gasteiger partial charge in [0.2, 0.25) is 6.41 Å². The maximum absolute atomic E-state index is 12.7. The van der Waals surface area contributed by atoms with E-state index in [1.807, 2.05) is 48.2 Å². The van der Waals surface area contributed by atoms with Crippen molar-refractivity contribution in [3.63, 3.8) is 0 Å². The van der Waals surface area contributed by atoms with Crippen molar-refractivity contribution < 1.29 is 14.3 Å². The standard InChI is InChI=1S/C24H25ClN2O2.CH3NO/c1-16-8-4-5-9-19(16)21-15-23(25)26-22-14-18(10-11-20(21)22)29-17(2)24(28)27-12-6-3-7-13-27;2-1-3/h4-5,8-11,14-15,17H,3,6-7,12-13H2,1-2H3;1H,(H2,2,3). The minimum Gasteiger partial charge on any atom is -0.481 e. The van der Waals surface area contributed by atoms with Gasteiger partial charge in [-0.15, -0.1) is 0 Å². The Bertz CT molecular complexity index is 1100. The smallest absolute Gasteiger partial charge is 0.263 e. The van der Waals surface area contributed by atoms with E-state index in [0.717, 1.165) is 48.0 Å². The maximum atomic E-state index is 12.7. The highest BCUT2D eigenvalue weighted by Crippen LogP contribution is 2.34. The van der Waals surface area contributed by atoms with Crippen LogP contribution in [0.3, 0.4) is 0 Å². The second kappa shape index (κ2) is 11.0. The molecule has 1 aromatic heterocycles. The molecule has 1 atom stereocenters. The Morgan fingerprint density at radius 1 is 1.12 bits per heavy atom. The minimum atomic E-state index is -0.527. The number of nitrogens with zero attached hydrogens (tertiary/aromatic N) is 2. The van der Waals surface area contributed by atoms with Crippen LogP contribution in [0.4, 0.5) is 0 Å². The second-order valence-electron chi connectivity index (χ2n) is 7.77. The van der Waals surface area contributed by atoms with Crippen LogP contribution >= 0.6 is 11.6 Å². The van der Waals surface area contributed by atoms with Crippen molar-refractivity contribution in [2.24, 2.45) is 5.73 Å². The molecule has 2 amide bonds. The van der Waals surface area contributed by atoms with Gasteiger partial charge in [0.25, 0.3) is 5.91 Å². The first-order valence-corrected chi connectivity index (χ1v) is 11.1. The molecule has 0 spiro atoms. The molecule has 1 aliphatic rings. The highest BCUT2D eigenvalue weighted by molar-refractivity contribution is 6.30. The fourth-order valence-electron chi connectivity index (χ4n) is 3.97. The van der Waals surface area contributed by atoms with E-state index in [1.54, 1.807) is 0 Å². The Morgan fingerprint density at radius 3 is 2.50 bits per heavy atom. The summed E-state index contributed by atoms with van der Waals surface area (Å²) in [6.07, 6.45) is 3.05. The van der Waals surface area contributed by atoms with Crippen molar-refractivity contribution >= 4 is 34.8 Å². The molecule has 3 aromatic rings. The summed E-state index contributed by atoms with van der Waals surface area (Å²) in [5, 5.41) is 1.44. The Kier molecular flexibility index (Phi) is 8.06. The Morgan fingerprint density at radius 2 is 1.81 bits per heavy atom. The molecule has 0 radical (unpaired) electrons. The third-order valence-electron chi connectivity index (χ3n) is 5.51. The van der Waals surface area contributed by atoms with Crippen LogP contribution in [0.1, 0.15) is 31.7 Å². The van der Waals surface area contributed by atoms with Crippen LogP contribution in [-0.4, -0.2) is 41.4 Å². The molecule has 0 aliphatic carbocycles. The number of hydrogen-bond donors (Lipinski definition) is 1. The largest absolute Gasteiger partial charge is 0.481 e. The topological polar surface area (TPSA) is 85.5 Å². The molecular formula is C25H28ClN3O3. The number of halogens is 1. The van der Waals surface area contributed by atoms with Crippen molar-refractivity contribution in [3.8, 4) is 16.9 Å². The lowest BCUT2D eigenvalue weighted by atomic mass is 9.97. The van der Waals surface area contributed by atoms with Crippen molar-refractivity contribution in [2.75, 3.05) is 13.1 Å². The predicted octanol–water partition coefficient (Wildman–Crippen LogP) is 4.74. The molecule has 1 saturated heterocycles. The zero-order chi connectivity index (χ0) is 23.1. The van der Waals surface area contributed by atoms with Crippen LogP contribution in [0.25, 0.3) is 22.0 Å². The van der Waals surface area contributed by atoms with E-state index >= 15 is 0 Å². The third kappa shape index (κ3) is 5.56. The number of piperidine rings is 1. The fraction of sp³-hybridized carbons (Fsp3) is 0.320. The van der Waals surface area contributed by atoms with E-state index in [9.17, 15) is 4.79 Å². The van der Waals surface area contributed by atoms with E-state index in [-0.39, 0.29) is 12.3 Å². The monoisotopic (exact) mass is 453 g/mol. The number of carbonyl (C=O) groups excluding carboxylic acids is 2. The summed E-state index contributed by atoms with van der Waals surface area (Å²) in [5.74, 6) is 0.672. The molecular weight excluding hydrogens is 426 g/mol. The summed E-state index contributed by atoms with van der Waals surface area (Å²) >= 11 is 6.32. The first-order valence-electron chi connectivity index (χ1n) is 10.7. The van der Waals surface area contributed by atoms with Crippen molar-refractivity contribution in [2.45, 2.75) is 39.2 Å². The van der Waals surface area contributed by atoms with E-state index in [1.165, 1.54) is 12.0 Å². The maximum Gasteiger partial charge on any atom is 0.263 e. The van der Waals surface area contributed by atoms with Gasteiger partial charge >= 0.3 is 0 Å². The summed E-state index contributed by atoms with van der Waals surface area (Å²) in [6, 6.07) is 15.9.